The molecule has 14 heteroatoms. The molecule has 504 valence electrons. The second-order valence-electron chi connectivity index (χ2n) is 25.4. The molecule has 0 radical (unpaired) electrons. The van der Waals surface area contributed by atoms with Gasteiger partial charge in [0, 0.05) is 32.7 Å². The minimum absolute atomic E-state index is 0.221. The van der Waals surface area contributed by atoms with Crippen LogP contribution >= 0.6 is 11.8 Å². The van der Waals surface area contributed by atoms with Gasteiger partial charge in [0.25, 0.3) is 0 Å². The van der Waals surface area contributed by atoms with Gasteiger partial charge < -0.3 is 14.2 Å². The van der Waals surface area contributed by atoms with Gasteiger partial charge in [-0.05, 0) is 293 Å². The summed E-state index contributed by atoms with van der Waals surface area (Å²) in [5, 5.41) is 0.221. The van der Waals surface area contributed by atoms with Crippen molar-refractivity contribution in [3.05, 3.63) is 184 Å². The van der Waals surface area contributed by atoms with Crippen molar-refractivity contribution in [2.45, 2.75) is 154 Å². The highest BCUT2D eigenvalue weighted by atomic mass is 32.2. The zero-order valence-electron chi connectivity index (χ0n) is 57.1. The Hall–Kier alpha value is -4.83. The molecular formula is C80H105O8S6+5. The van der Waals surface area contributed by atoms with Crippen molar-refractivity contribution < 1.29 is 38.2 Å². The number of para-hydroxylation sites is 1. The molecule has 8 nitrogen and oxygen atoms in total. The number of ether oxygens (including phenoxy) is 3. The lowest BCUT2D eigenvalue weighted by Crippen LogP contribution is -2.29. The average molecular weight is 1390 g/mol. The number of rotatable bonds is 23. The predicted molar refractivity (Wildman–Crippen MR) is 410 cm³/mol. The van der Waals surface area contributed by atoms with E-state index < -0.39 is 0 Å². The standard InChI is InChI=1S/C18H25O2S.C18H19O2S.C15H21O2S.C15H21OS.C14H19OS2/c2*19-18(14-21-12-4-5-13-21)15-8-10-17(11-9-15)20-16-6-2-1-3-7-16;1-3-17-13-6-7-14(12(2)10-13)15(16)11-18-8-4-5-9-18;1-11-8-12(2)10-14(9-11)15(16)13(3)17-6-4-5-7-17;1-2-16-13-7-5-12(6-8-13)14(15)11-17-9-3-4-10-17/h8-11,16H,1-7,12-14H2;1-3,6-11H,4-5,12-14H2;6-7,10H,3-5,8-9,11H2,1-2H3;8-10,13H,4-7H2,1-3H3;5-8H,2-4,9-11H2,1H3/q5*+1. The van der Waals surface area contributed by atoms with E-state index >= 15 is 0 Å². The number of ketones is 5. The van der Waals surface area contributed by atoms with E-state index in [4.69, 9.17) is 14.2 Å². The first kappa shape index (κ1) is 75.0. The fraction of sp³-hybridized carbons (Fsp3) is 0.487. The number of carbonyl (C=O) groups is 5. The van der Waals surface area contributed by atoms with Gasteiger partial charge in [-0.25, -0.2) is 0 Å². The van der Waals surface area contributed by atoms with Gasteiger partial charge in [-0.1, -0.05) is 60.9 Å². The third-order valence-corrected chi connectivity index (χ3v) is 31.1. The van der Waals surface area contributed by atoms with Crippen LogP contribution < -0.4 is 14.2 Å². The Balaban J connectivity index is 0.000000151. The van der Waals surface area contributed by atoms with E-state index in [0.29, 0.717) is 90.3 Å². The van der Waals surface area contributed by atoms with Gasteiger partial charge >= 0.3 is 0 Å². The second kappa shape index (κ2) is 40.8. The maximum absolute atomic E-state index is 12.4. The zero-order valence-corrected chi connectivity index (χ0v) is 62.0. The molecule has 0 amide bonds. The quantitative estimate of drug-likeness (QED) is 0.0351. The van der Waals surface area contributed by atoms with Gasteiger partial charge in [-0.3, -0.25) is 24.0 Å². The first-order valence-electron chi connectivity index (χ1n) is 34.7. The molecule has 6 aliphatic rings. The number of hydrogen-bond donors (Lipinski definition) is 0. The highest BCUT2D eigenvalue weighted by Gasteiger charge is 2.36. The Morgan fingerprint density at radius 2 is 0.851 bits per heavy atom. The summed E-state index contributed by atoms with van der Waals surface area (Å²) in [6.07, 6.45) is 19.7. The molecule has 0 N–H and O–H groups in total. The molecule has 1 aliphatic carbocycles. The van der Waals surface area contributed by atoms with Crippen LogP contribution in [0, 0.1) is 20.8 Å². The summed E-state index contributed by atoms with van der Waals surface area (Å²) in [5.74, 6) is 21.6. The molecule has 0 spiro atoms. The van der Waals surface area contributed by atoms with Crippen LogP contribution in [0.3, 0.4) is 0 Å². The maximum atomic E-state index is 12.4. The van der Waals surface area contributed by atoms with Crippen molar-refractivity contribution in [3.63, 3.8) is 0 Å². The fourth-order valence-corrected chi connectivity index (χ4v) is 24.7. The van der Waals surface area contributed by atoms with Gasteiger partial charge in [0.15, 0.2) is 28.3 Å². The maximum Gasteiger partial charge on any atom is 0.214 e. The molecule has 5 saturated heterocycles. The van der Waals surface area contributed by atoms with Crippen molar-refractivity contribution in [1.29, 1.82) is 0 Å². The van der Waals surface area contributed by atoms with E-state index in [-0.39, 0.29) is 11.0 Å². The van der Waals surface area contributed by atoms with Crippen molar-refractivity contribution in [2.75, 3.05) is 92.9 Å². The molecule has 5 aliphatic heterocycles. The van der Waals surface area contributed by atoms with E-state index in [1.165, 1.54) is 170 Å². The lowest BCUT2D eigenvalue weighted by molar-refractivity contribution is 0.0988. The molecule has 1 saturated carbocycles. The fourth-order valence-electron chi connectivity index (χ4n) is 12.6. The number of aryl methyl sites for hydroxylation is 3. The minimum Gasteiger partial charge on any atom is -0.494 e. The molecule has 0 bridgehead atoms. The zero-order chi connectivity index (χ0) is 66.4. The molecule has 6 fully saturated rings. The number of hydrogen-bond acceptors (Lipinski definition) is 9. The summed E-state index contributed by atoms with van der Waals surface area (Å²) < 4.78 is 17.2. The third-order valence-electron chi connectivity index (χ3n) is 17.7. The van der Waals surface area contributed by atoms with Gasteiger partial charge in [0.1, 0.15) is 80.5 Å². The SMILES string of the molecule is CCOc1ccc(C(=O)C[S+]2CCCC2)c(C)c1.CCSc1ccc(C(=O)C[S+]2CCCC2)cc1.Cc1cc(C)cc(C(=O)C(C)[S+]2CCCC2)c1.O=C(C[S+]1CCCC1)c1ccc(OC2CCCCC2)cc1.O=C(C[S+]1CCCC1)c1ccc(Oc2ccccc2)cc1. The molecule has 6 aromatic rings. The predicted octanol–water partition coefficient (Wildman–Crippen LogP) is 17.7. The van der Waals surface area contributed by atoms with Gasteiger partial charge in [0.05, 0.1) is 12.7 Å². The van der Waals surface area contributed by atoms with Crippen LogP contribution in [0.2, 0.25) is 0 Å². The molecule has 1 unspecified atom stereocenters. The van der Waals surface area contributed by atoms with Gasteiger partial charge in [-0.15, -0.1) is 11.8 Å². The highest BCUT2D eigenvalue weighted by molar-refractivity contribution is 7.99. The summed E-state index contributed by atoms with van der Waals surface area (Å²) in [6.45, 7) is 13.0. The average Bonchev–Trinajstić information content (AvgIpc) is 1.29. The molecule has 0 aromatic heterocycles. The van der Waals surface area contributed by atoms with Crippen molar-refractivity contribution >= 4 is 95.2 Å². The van der Waals surface area contributed by atoms with Gasteiger partial charge in [0.2, 0.25) is 28.9 Å². The number of benzene rings is 6. The summed E-state index contributed by atoms with van der Waals surface area (Å²) in [4.78, 5) is 62.5. The molecule has 94 heavy (non-hydrogen) atoms. The topological polar surface area (TPSA) is 113 Å². The van der Waals surface area contributed by atoms with Crippen LogP contribution in [-0.2, 0) is 54.5 Å². The van der Waals surface area contributed by atoms with Crippen LogP contribution in [0.25, 0.3) is 0 Å². The van der Waals surface area contributed by atoms with E-state index in [1.54, 1.807) is 0 Å². The molecule has 1 atom stereocenters. The lowest BCUT2D eigenvalue weighted by atomic mass is 9.98. The Labute approximate surface area is 582 Å². The first-order valence-corrected chi connectivity index (χ1v) is 44.3. The summed E-state index contributed by atoms with van der Waals surface area (Å²) in [5.41, 5.74) is 7.75. The van der Waals surface area contributed by atoms with Crippen LogP contribution in [0.5, 0.6) is 23.0 Å². The van der Waals surface area contributed by atoms with Crippen LogP contribution in [-0.4, -0.2) is 133 Å². The van der Waals surface area contributed by atoms with Crippen LogP contribution in [0.4, 0.5) is 0 Å². The Morgan fingerprint density at radius 1 is 0.436 bits per heavy atom. The summed E-state index contributed by atoms with van der Waals surface area (Å²) >= 11 is 1.82. The molecule has 5 heterocycles. The number of Topliss-reactive ketones (excluding diaryl/α,β-unsaturated/α-hetero) is 5. The van der Waals surface area contributed by atoms with E-state index in [2.05, 4.69) is 45.9 Å². The normalized spacial score (nSPS) is 17.3. The molecule has 12 rings (SSSR count). The smallest absolute Gasteiger partial charge is 0.214 e. The number of thioether (sulfide) groups is 1. The second-order valence-corrected chi connectivity index (χ2v) is 38.7. The molecule has 6 aromatic carbocycles. The Bertz CT molecular complexity index is 3240. The summed E-state index contributed by atoms with van der Waals surface area (Å²) in [6, 6.07) is 45.1. The van der Waals surface area contributed by atoms with E-state index in [9.17, 15) is 24.0 Å². The monoisotopic (exact) mass is 1390 g/mol. The Kier molecular flexibility index (Phi) is 32.5. The lowest BCUT2D eigenvalue weighted by Gasteiger charge is -2.23. The molecular weight excluding hydrogens is 1280 g/mol. The van der Waals surface area contributed by atoms with Crippen molar-refractivity contribution in [2.24, 2.45) is 0 Å². The van der Waals surface area contributed by atoms with Gasteiger partial charge in [-0.2, -0.15) is 0 Å². The van der Waals surface area contributed by atoms with E-state index in [1.807, 2.05) is 147 Å². The summed E-state index contributed by atoms with van der Waals surface area (Å²) in [7, 11) is 1.73. The minimum atomic E-state index is 0.221. The third kappa shape index (κ3) is 25.5. The van der Waals surface area contributed by atoms with Crippen LogP contribution in [0.15, 0.2) is 144 Å². The largest absolute Gasteiger partial charge is 0.494 e. The van der Waals surface area contributed by atoms with Crippen LogP contribution in [0.1, 0.15) is 186 Å². The highest BCUT2D eigenvalue weighted by Crippen LogP contribution is 2.28. The Morgan fingerprint density at radius 3 is 1.30 bits per heavy atom. The van der Waals surface area contributed by atoms with Crippen molar-refractivity contribution in [3.8, 4) is 23.0 Å². The first-order chi connectivity index (χ1) is 45.7. The van der Waals surface area contributed by atoms with E-state index in [0.717, 1.165) is 85.1 Å². The van der Waals surface area contributed by atoms with Crippen molar-refractivity contribution in [1.82, 2.24) is 0 Å². The number of carbonyl (C=O) groups excluding carboxylic acids is 5.